The van der Waals surface area contributed by atoms with Crippen LogP contribution in [0, 0.1) is 6.92 Å². The smallest absolute Gasteiger partial charge is 0.230 e. The van der Waals surface area contributed by atoms with Gasteiger partial charge in [0.25, 0.3) is 0 Å². The second-order valence-corrected chi connectivity index (χ2v) is 10.0. The number of carbonyl (C=O) groups is 1. The minimum atomic E-state index is -3.05. The van der Waals surface area contributed by atoms with Gasteiger partial charge in [0, 0.05) is 12.6 Å². The van der Waals surface area contributed by atoms with Gasteiger partial charge in [-0.25, -0.2) is 8.42 Å². The highest BCUT2D eigenvalue weighted by Gasteiger charge is 2.39. The van der Waals surface area contributed by atoms with E-state index >= 15 is 0 Å². The Kier molecular flexibility index (Phi) is 5.12. The first-order valence-electron chi connectivity index (χ1n) is 8.29. The zero-order valence-electron chi connectivity index (χ0n) is 15.0. The zero-order valence-corrected chi connectivity index (χ0v) is 16.7. The summed E-state index contributed by atoms with van der Waals surface area (Å²) >= 11 is 1.29. The largest absolute Gasteiger partial charge is 0.349 e. The van der Waals surface area contributed by atoms with Gasteiger partial charge in [-0.2, -0.15) is 0 Å². The predicted octanol–water partition coefficient (Wildman–Crippen LogP) is 1.58. The van der Waals surface area contributed by atoms with Gasteiger partial charge in [0.2, 0.25) is 5.91 Å². The van der Waals surface area contributed by atoms with Crippen LogP contribution in [-0.4, -0.2) is 51.9 Å². The number of aromatic nitrogens is 3. The molecule has 2 heterocycles. The number of benzene rings is 1. The van der Waals surface area contributed by atoms with Crippen LogP contribution >= 0.6 is 11.8 Å². The molecule has 1 aliphatic rings. The van der Waals surface area contributed by atoms with E-state index in [0.29, 0.717) is 11.6 Å². The number of thioether (sulfide) groups is 1. The van der Waals surface area contributed by atoms with E-state index in [0.717, 1.165) is 17.0 Å². The van der Waals surface area contributed by atoms with Gasteiger partial charge >= 0.3 is 0 Å². The van der Waals surface area contributed by atoms with Gasteiger partial charge in [-0.3, -0.25) is 4.79 Å². The van der Waals surface area contributed by atoms with E-state index < -0.39 is 15.4 Å². The molecule has 0 spiro atoms. The lowest BCUT2D eigenvalue weighted by Gasteiger charge is -2.23. The molecule has 140 valence electrons. The molecular formula is C17H22N4O3S2. The minimum Gasteiger partial charge on any atom is -0.349 e. The van der Waals surface area contributed by atoms with E-state index in [-0.39, 0.29) is 23.2 Å². The lowest BCUT2D eigenvalue weighted by Crippen LogP contribution is -2.47. The molecule has 0 unspecified atom stereocenters. The van der Waals surface area contributed by atoms with Gasteiger partial charge in [-0.1, -0.05) is 36.0 Å². The number of hydrogen-bond donors (Lipinski definition) is 1. The molecule has 26 heavy (non-hydrogen) atoms. The third-order valence-corrected chi connectivity index (χ3v) is 7.42. The Morgan fingerprint density at radius 1 is 1.35 bits per heavy atom. The lowest BCUT2D eigenvalue weighted by molar-refractivity contribution is -0.120. The van der Waals surface area contributed by atoms with Crippen LogP contribution in [0.25, 0.3) is 11.4 Å². The number of amides is 1. The van der Waals surface area contributed by atoms with Crippen LogP contribution in [0.1, 0.15) is 18.9 Å². The molecule has 1 aromatic heterocycles. The van der Waals surface area contributed by atoms with Crippen LogP contribution in [0.3, 0.4) is 0 Å². The summed E-state index contributed by atoms with van der Waals surface area (Å²) < 4.78 is 25.1. The van der Waals surface area contributed by atoms with Crippen molar-refractivity contribution < 1.29 is 13.2 Å². The first-order valence-corrected chi connectivity index (χ1v) is 11.1. The van der Waals surface area contributed by atoms with Gasteiger partial charge in [0.05, 0.1) is 22.8 Å². The second kappa shape index (κ2) is 7.03. The molecule has 1 N–H and O–H groups in total. The molecule has 0 aliphatic carbocycles. The number of aryl methyl sites for hydroxylation is 1. The Morgan fingerprint density at radius 3 is 2.73 bits per heavy atom. The Morgan fingerprint density at radius 2 is 2.08 bits per heavy atom. The van der Waals surface area contributed by atoms with E-state index in [9.17, 15) is 13.2 Å². The molecule has 0 radical (unpaired) electrons. The third-order valence-electron chi connectivity index (χ3n) is 4.50. The van der Waals surface area contributed by atoms with Crippen molar-refractivity contribution in [2.24, 2.45) is 7.05 Å². The van der Waals surface area contributed by atoms with Gasteiger partial charge < -0.3 is 9.88 Å². The maximum absolute atomic E-state index is 12.2. The Hall–Kier alpha value is -1.87. The molecule has 1 atom stereocenters. The summed E-state index contributed by atoms with van der Waals surface area (Å²) in [6.45, 7) is 3.79. The molecule has 1 fully saturated rings. The number of nitrogens with one attached hydrogen (secondary N) is 1. The molecule has 0 bridgehead atoms. The van der Waals surface area contributed by atoms with Crippen LogP contribution in [0.2, 0.25) is 0 Å². The van der Waals surface area contributed by atoms with Crippen molar-refractivity contribution in [3.05, 3.63) is 29.8 Å². The van der Waals surface area contributed by atoms with Crippen LogP contribution in [-0.2, 0) is 21.7 Å². The van der Waals surface area contributed by atoms with E-state index in [1.54, 1.807) is 6.92 Å². The van der Waals surface area contributed by atoms with Crippen LogP contribution < -0.4 is 5.32 Å². The molecule has 3 rings (SSSR count). The molecule has 7 nitrogen and oxygen atoms in total. The van der Waals surface area contributed by atoms with Crippen molar-refractivity contribution >= 4 is 27.5 Å². The van der Waals surface area contributed by atoms with Crippen molar-refractivity contribution in [2.75, 3.05) is 17.3 Å². The van der Waals surface area contributed by atoms with Crippen molar-refractivity contribution in [1.82, 2.24) is 20.1 Å². The Labute approximate surface area is 157 Å². The van der Waals surface area contributed by atoms with E-state index in [1.165, 1.54) is 11.8 Å². The summed E-state index contributed by atoms with van der Waals surface area (Å²) in [7, 11) is -1.18. The molecular weight excluding hydrogens is 372 g/mol. The molecule has 1 aromatic carbocycles. The topological polar surface area (TPSA) is 94.0 Å². The minimum absolute atomic E-state index is 0.00218. The highest BCUT2D eigenvalue weighted by molar-refractivity contribution is 7.99. The van der Waals surface area contributed by atoms with Crippen LogP contribution in [0.5, 0.6) is 0 Å². The van der Waals surface area contributed by atoms with Crippen molar-refractivity contribution in [3.8, 4) is 11.4 Å². The fourth-order valence-electron chi connectivity index (χ4n) is 3.11. The zero-order chi connectivity index (χ0) is 18.9. The van der Waals surface area contributed by atoms with E-state index in [1.807, 2.05) is 42.8 Å². The average Bonchev–Trinajstić information content (AvgIpc) is 3.05. The molecule has 9 heteroatoms. The van der Waals surface area contributed by atoms with Crippen LogP contribution in [0.4, 0.5) is 0 Å². The number of hydrogen-bond acceptors (Lipinski definition) is 6. The fourth-order valence-corrected chi connectivity index (χ4v) is 5.91. The average molecular weight is 395 g/mol. The van der Waals surface area contributed by atoms with E-state index in [2.05, 4.69) is 15.5 Å². The number of rotatable bonds is 5. The summed E-state index contributed by atoms with van der Waals surface area (Å²) in [6, 6.07) is 7.93. The molecule has 1 saturated heterocycles. The van der Waals surface area contributed by atoms with Crippen molar-refractivity contribution in [3.63, 3.8) is 0 Å². The molecule has 1 aliphatic heterocycles. The molecule has 2 aromatic rings. The van der Waals surface area contributed by atoms with E-state index in [4.69, 9.17) is 0 Å². The maximum Gasteiger partial charge on any atom is 0.230 e. The Bertz CT molecular complexity index is 939. The fraction of sp³-hybridized carbons (Fsp3) is 0.471. The SMILES string of the molecule is Cc1ccccc1-c1nnc(SCC(=O)N[C@@]2(C)CCS(=O)(=O)C2)n1C. The highest BCUT2D eigenvalue weighted by atomic mass is 32.2. The van der Waals surface area contributed by atoms with Crippen molar-refractivity contribution in [1.29, 1.82) is 0 Å². The summed E-state index contributed by atoms with van der Waals surface area (Å²) in [5.74, 6) is 0.836. The Balaban J connectivity index is 1.64. The van der Waals surface area contributed by atoms with Gasteiger partial charge in [0.1, 0.15) is 0 Å². The van der Waals surface area contributed by atoms with Crippen molar-refractivity contribution in [2.45, 2.75) is 31.0 Å². The molecule has 1 amide bonds. The highest BCUT2D eigenvalue weighted by Crippen LogP contribution is 2.26. The third kappa shape index (κ3) is 4.09. The molecule has 0 saturated carbocycles. The summed E-state index contributed by atoms with van der Waals surface area (Å²) in [5, 5.41) is 11.9. The van der Waals surface area contributed by atoms with Gasteiger partial charge in [0.15, 0.2) is 20.8 Å². The number of sulfone groups is 1. The van der Waals surface area contributed by atoms with Gasteiger partial charge in [-0.05, 0) is 25.8 Å². The standard InChI is InChI=1S/C17H22N4O3S2/c1-12-6-4-5-7-13(12)15-19-20-16(21(15)3)25-10-14(22)18-17(2)8-9-26(23,24)11-17/h4-7H,8-11H2,1-3H3,(H,18,22)/t17-/m0/s1. The normalized spacial score (nSPS) is 21.7. The van der Waals surface area contributed by atoms with Gasteiger partial charge in [-0.15, -0.1) is 10.2 Å². The number of carbonyl (C=O) groups excluding carboxylic acids is 1. The predicted molar refractivity (Wildman–Crippen MR) is 102 cm³/mol. The number of nitrogens with zero attached hydrogens (tertiary/aromatic N) is 3. The monoisotopic (exact) mass is 394 g/mol. The summed E-state index contributed by atoms with van der Waals surface area (Å²) in [6.07, 6.45) is 0.452. The lowest BCUT2D eigenvalue weighted by atomic mass is 10.0. The summed E-state index contributed by atoms with van der Waals surface area (Å²) in [4.78, 5) is 12.2. The first kappa shape index (κ1) is 18.9. The maximum atomic E-state index is 12.2. The summed E-state index contributed by atoms with van der Waals surface area (Å²) in [5.41, 5.74) is 1.43. The quantitative estimate of drug-likeness (QED) is 0.774. The van der Waals surface area contributed by atoms with Crippen LogP contribution in [0.15, 0.2) is 29.4 Å². The first-order chi connectivity index (χ1) is 12.2. The second-order valence-electron chi connectivity index (χ2n) is 6.92.